The number of nitriles is 1. The Morgan fingerprint density at radius 1 is 0.566 bits per heavy atom. The van der Waals surface area contributed by atoms with Crippen LogP contribution in [0.15, 0.2) is 114 Å². The van der Waals surface area contributed by atoms with E-state index in [0.717, 1.165) is 67.5 Å². The zero-order valence-corrected chi connectivity index (χ0v) is 30.6. The highest BCUT2D eigenvalue weighted by atomic mass is 16.3. The molecule has 4 aliphatic carbocycles. The van der Waals surface area contributed by atoms with Crippen molar-refractivity contribution in [1.82, 2.24) is 15.0 Å². The summed E-state index contributed by atoms with van der Waals surface area (Å²) in [4.78, 5) is 15.2. The molecule has 7 aromatic rings. The number of rotatable bonds is 5. The lowest BCUT2D eigenvalue weighted by molar-refractivity contribution is -0.00518. The van der Waals surface area contributed by atoms with Crippen LogP contribution < -0.4 is 0 Å². The SMILES string of the molecule is CC(C)(C)c1ccc(-c2nc(-c3ccc(-c4ccc5c(c4)oc4cc(C#N)ccc45)cc3)nc(-c3ccc(C45CC6CC(CC(C6)C4)C5)cc3)n2)cc1. The summed E-state index contributed by atoms with van der Waals surface area (Å²) in [6, 6.07) is 40.4. The standard InChI is InChI=1S/C48H42N4O/c1-47(2,3)38-14-9-35(10-15-38)45-50-44(51-46(52-45)36-11-16-39(17-12-36)48-25-30-20-31(26-48)22-32(21-30)27-48)34-7-5-33(6-8-34)37-13-19-41-40-18-4-29(28-49)23-42(40)53-43(41)24-37/h4-19,23-24,30-32H,20-22,25-27H2,1-3H3. The fourth-order valence-electron chi connectivity index (χ4n) is 10.2. The predicted molar refractivity (Wildman–Crippen MR) is 212 cm³/mol. The summed E-state index contributed by atoms with van der Waals surface area (Å²) in [7, 11) is 0. The van der Waals surface area contributed by atoms with Crippen LogP contribution in [-0.2, 0) is 10.8 Å². The maximum atomic E-state index is 9.34. The lowest BCUT2D eigenvalue weighted by atomic mass is 9.48. The van der Waals surface area contributed by atoms with Crippen LogP contribution in [0.2, 0.25) is 0 Å². The molecule has 0 unspecified atom stereocenters. The Kier molecular flexibility index (Phi) is 7.24. The fourth-order valence-corrected chi connectivity index (χ4v) is 10.2. The summed E-state index contributed by atoms with van der Waals surface area (Å²) < 4.78 is 6.18. The van der Waals surface area contributed by atoms with Crippen LogP contribution in [0, 0.1) is 29.1 Å². The molecule has 5 heteroatoms. The fraction of sp³-hybridized carbons (Fsp3) is 0.292. The molecule has 0 radical (unpaired) electrons. The van der Waals surface area contributed by atoms with Gasteiger partial charge in [0.25, 0.3) is 0 Å². The highest BCUT2D eigenvalue weighted by molar-refractivity contribution is 6.06. The number of fused-ring (bicyclic) bond motifs is 3. The zero-order chi connectivity index (χ0) is 35.9. The molecule has 0 saturated heterocycles. The third-order valence-corrected chi connectivity index (χ3v) is 12.5. The normalized spacial score (nSPS) is 22.0. The molecule has 2 aromatic heterocycles. The van der Waals surface area contributed by atoms with Gasteiger partial charge in [-0.1, -0.05) is 99.6 Å². The maximum absolute atomic E-state index is 9.34. The molecule has 4 aliphatic rings. The van der Waals surface area contributed by atoms with Gasteiger partial charge < -0.3 is 4.42 Å². The molecule has 0 atom stereocenters. The molecule has 5 nitrogen and oxygen atoms in total. The predicted octanol–water partition coefficient (Wildman–Crippen LogP) is 12.1. The van der Waals surface area contributed by atoms with E-state index in [-0.39, 0.29) is 5.41 Å². The van der Waals surface area contributed by atoms with Gasteiger partial charge in [0, 0.05) is 27.5 Å². The van der Waals surface area contributed by atoms with Crippen molar-refractivity contribution in [3.63, 3.8) is 0 Å². The minimum atomic E-state index is 0.0595. The number of furan rings is 1. The first-order valence-corrected chi connectivity index (χ1v) is 19.1. The Morgan fingerprint density at radius 2 is 1.02 bits per heavy atom. The summed E-state index contributed by atoms with van der Waals surface area (Å²) in [6.07, 6.45) is 8.42. The molecule has 4 saturated carbocycles. The second-order valence-corrected chi connectivity index (χ2v) is 17.1. The monoisotopic (exact) mass is 690 g/mol. The topological polar surface area (TPSA) is 75.6 Å². The van der Waals surface area contributed by atoms with Gasteiger partial charge in [0.05, 0.1) is 11.6 Å². The number of aromatic nitrogens is 3. The Balaban J connectivity index is 1.00. The molecular weight excluding hydrogens is 649 g/mol. The van der Waals surface area contributed by atoms with Crippen LogP contribution >= 0.6 is 0 Å². The van der Waals surface area contributed by atoms with E-state index >= 15 is 0 Å². The van der Waals surface area contributed by atoms with Gasteiger partial charge in [-0.15, -0.1) is 0 Å². The van der Waals surface area contributed by atoms with Gasteiger partial charge in [0.15, 0.2) is 17.5 Å². The second-order valence-electron chi connectivity index (χ2n) is 17.1. The minimum absolute atomic E-state index is 0.0595. The van der Waals surface area contributed by atoms with Crippen LogP contribution in [0.3, 0.4) is 0 Å². The van der Waals surface area contributed by atoms with E-state index in [1.54, 1.807) is 6.07 Å². The zero-order valence-electron chi connectivity index (χ0n) is 30.6. The quantitative estimate of drug-likeness (QED) is 0.180. The van der Waals surface area contributed by atoms with Crippen molar-refractivity contribution >= 4 is 21.9 Å². The Bertz CT molecular complexity index is 2530. The van der Waals surface area contributed by atoms with E-state index < -0.39 is 0 Å². The first-order valence-electron chi connectivity index (χ1n) is 19.1. The van der Waals surface area contributed by atoms with Gasteiger partial charge in [0.1, 0.15) is 11.2 Å². The molecule has 5 aromatic carbocycles. The third kappa shape index (κ3) is 5.64. The van der Waals surface area contributed by atoms with Gasteiger partial charge in [-0.25, -0.2) is 15.0 Å². The molecule has 53 heavy (non-hydrogen) atoms. The highest BCUT2D eigenvalue weighted by Crippen LogP contribution is 2.60. The van der Waals surface area contributed by atoms with E-state index in [2.05, 4.69) is 118 Å². The van der Waals surface area contributed by atoms with Crippen molar-refractivity contribution in [2.45, 2.75) is 70.1 Å². The van der Waals surface area contributed by atoms with Crippen molar-refractivity contribution in [3.8, 4) is 51.4 Å². The Morgan fingerprint density at radius 3 is 1.55 bits per heavy atom. The van der Waals surface area contributed by atoms with Crippen LogP contribution in [-0.4, -0.2) is 15.0 Å². The Hall–Kier alpha value is -5.60. The largest absolute Gasteiger partial charge is 0.456 e. The summed E-state index contributed by atoms with van der Waals surface area (Å²) in [6.45, 7) is 6.70. The highest BCUT2D eigenvalue weighted by Gasteiger charge is 2.51. The van der Waals surface area contributed by atoms with Crippen molar-refractivity contribution in [1.29, 1.82) is 5.26 Å². The van der Waals surface area contributed by atoms with E-state index in [9.17, 15) is 5.26 Å². The van der Waals surface area contributed by atoms with E-state index in [1.807, 2.05) is 12.1 Å². The first kappa shape index (κ1) is 32.1. The van der Waals surface area contributed by atoms with Crippen molar-refractivity contribution in [3.05, 3.63) is 126 Å². The number of benzene rings is 5. The van der Waals surface area contributed by atoms with Crippen LogP contribution in [0.4, 0.5) is 0 Å². The average molecular weight is 691 g/mol. The first-order chi connectivity index (χ1) is 25.7. The van der Waals surface area contributed by atoms with Gasteiger partial charge in [-0.3, -0.25) is 0 Å². The second kappa shape index (κ2) is 12.0. The van der Waals surface area contributed by atoms with E-state index in [1.165, 1.54) is 49.7 Å². The Labute approximate surface area is 310 Å². The average Bonchev–Trinajstić information content (AvgIpc) is 3.54. The molecule has 0 spiro atoms. The summed E-state index contributed by atoms with van der Waals surface area (Å²) in [5.74, 6) is 4.77. The maximum Gasteiger partial charge on any atom is 0.164 e. The van der Waals surface area contributed by atoms with E-state index in [0.29, 0.717) is 28.5 Å². The molecule has 4 fully saturated rings. The summed E-state index contributed by atoms with van der Waals surface area (Å²) in [5.41, 5.74) is 10.4. The van der Waals surface area contributed by atoms with Gasteiger partial charge in [0.2, 0.25) is 0 Å². The van der Waals surface area contributed by atoms with Gasteiger partial charge in [-0.05, 0) is 120 Å². The van der Waals surface area contributed by atoms with Crippen LogP contribution in [0.25, 0.3) is 67.2 Å². The minimum Gasteiger partial charge on any atom is -0.456 e. The molecule has 11 rings (SSSR count). The molecular formula is C48H42N4O. The molecule has 260 valence electrons. The lowest BCUT2D eigenvalue weighted by Crippen LogP contribution is -2.48. The number of nitrogens with zero attached hydrogens (tertiary/aromatic N) is 4. The summed E-state index contributed by atoms with van der Waals surface area (Å²) >= 11 is 0. The van der Waals surface area contributed by atoms with Gasteiger partial charge in [-0.2, -0.15) is 5.26 Å². The molecule has 0 amide bonds. The molecule has 0 aliphatic heterocycles. The van der Waals surface area contributed by atoms with Crippen molar-refractivity contribution in [2.75, 3.05) is 0 Å². The molecule has 4 bridgehead atoms. The summed E-state index contributed by atoms with van der Waals surface area (Å²) in [5, 5.41) is 11.4. The molecule has 2 heterocycles. The number of hydrogen-bond donors (Lipinski definition) is 0. The van der Waals surface area contributed by atoms with Crippen LogP contribution in [0.1, 0.15) is 76.0 Å². The number of hydrogen-bond acceptors (Lipinski definition) is 5. The smallest absolute Gasteiger partial charge is 0.164 e. The van der Waals surface area contributed by atoms with Crippen LogP contribution in [0.5, 0.6) is 0 Å². The van der Waals surface area contributed by atoms with E-state index in [4.69, 9.17) is 19.4 Å². The third-order valence-electron chi connectivity index (χ3n) is 12.5. The molecule has 0 N–H and O–H groups in total. The van der Waals surface area contributed by atoms with Crippen molar-refractivity contribution in [2.24, 2.45) is 17.8 Å². The lowest BCUT2D eigenvalue weighted by Gasteiger charge is -2.57. The van der Waals surface area contributed by atoms with Gasteiger partial charge >= 0.3 is 0 Å². The van der Waals surface area contributed by atoms with Crippen molar-refractivity contribution < 1.29 is 4.42 Å².